The Morgan fingerprint density at radius 3 is 2.87 bits per heavy atom. The van der Waals surface area contributed by atoms with E-state index in [9.17, 15) is 14.4 Å². The number of aromatic nitrogens is 1. The minimum Gasteiger partial charge on any atom is -0.452 e. The van der Waals surface area contributed by atoms with Crippen LogP contribution in [0.3, 0.4) is 0 Å². The van der Waals surface area contributed by atoms with Crippen LogP contribution in [-0.2, 0) is 27.3 Å². The Kier molecular flexibility index (Phi) is 5.63. The van der Waals surface area contributed by atoms with Crippen molar-refractivity contribution in [3.05, 3.63) is 63.6 Å². The number of halogens is 1. The molecule has 8 heteroatoms. The van der Waals surface area contributed by atoms with E-state index in [0.717, 1.165) is 24.1 Å². The van der Waals surface area contributed by atoms with Crippen molar-refractivity contribution >= 4 is 40.3 Å². The van der Waals surface area contributed by atoms with Gasteiger partial charge >= 0.3 is 11.7 Å². The van der Waals surface area contributed by atoms with Gasteiger partial charge in [0, 0.05) is 29.9 Å². The number of hydrogen-bond acceptors (Lipinski definition) is 5. The molecule has 0 aliphatic carbocycles. The number of hydrogen-bond donors (Lipinski definition) is 0. The van der Waals surface area contributed by atoms with E-state index in [0.29, 0.717) is 22.7 Å². The van der Waals surface area contributed by atoms with Crippen molar-refractivity contribution in [2.45, 2.75) is 38.8 Å². The Hall–Kier alpha value is -3.06. The van der Waals surface area contributed by atoms with Crippen LogP contribution in [0, 0.1) is 0 Å². The number of fused-ring (bicyclic) bond motifs is 2. The summed E-state index contributed by atoms with van der Waals surface area (Å²) in [5.41, 5.74) is 2.88. The van der Waals surface area contributed by atoms with Crippen molar-refractivity contribution in [3.8, 4) is 0 Å². The molecule has 3 aromatic rings. The van der Waals surface area contributed by atoms with Gasteiger partial charge in [-0.25, -0.2) is 4.79 Å². The standard InChI is InChI=1S/C22H21ClN2O5/c1-14(21(27)24-11-4-6-15-5-2-3-7-17(15)24)29-20(26)10-12-25-18-9-8-16(23)13-19(18)30-22(25)28/h2-3,5,7-9,13-14H,4,6,10-12H2,1H3. The molecule has 1 aromatic heterocycles. The zero-order valence-electron chi connectivity index (χ0n) is 16.5. The van der Waals surface area contributed by atoms with Crippen LogP contribution in [-0.4, -0.2) is 29.1 Å². The number of esters is 1. The number of carbonyl (C=O) groups is 2. The van der Waals surface area contributed by atoms with Crippen LogP contribution in [0.4, 0.5) is 5.69 Å². The average Bonchev–Trinajstić information content (AvgIpc) is 3.05. The van der Waals surface area contributed by atoms with Gasteiger partial charge in [0.05, 0.1) is 11.9 Å². The second kappa shape index (κ2) is 8.36. The summed E-state index contributed by atoms with van der Waals surface area (Å²) >= 11 is 5.91. The van der Waals surface area contributed by atoms with E-state index in [1.807, 2.05) is 24.3 Å². The van der Waals surface area contributed by atoms with Gasteiger partial charge in [-0.2, -0.15) is 0 Å². The molecule has 0 N–H and O–H groups in total. The Morgan fingerprint density at radius 2 is 2.03 bits per heavy atom. The lowest BCUT2D eigenvalue weighted by Crippen LogP contribution is -2.42. The molecular formula is C22H21ClN2O5. The number of anilines is 1. The third kappa shape index (κ3) is 3.98. The first-order valence-corrected chi connectivity index (χ1v) is 10.2. The fourth-order valence-electron chi connectivity index (χ4n) is 3.74. The summed E-state index contributed by atoms with van der Waals surface area (Å²) in [6, 6.07) is 12.6. The second-order valence-electron chi connectivity index (χ2n) is 7.24. The van der Waals surface area contributed by atoms with E-state index in [1.165, 1.54) is 4.57 Å². The monoisotopic (exact) mass is 428 g/mol. The molecule has 1 aliphatic rings. The lowest BCUT2D eigenvalue weighted by atomic mass is 10.0. The van der Waals surface area contributed by atoms with E-state index in [4.69, 9.17) is 20.8 Å². The molecule has 156 valence electrons. The summed E-state index contributed by atoms with van der Waals surface area (Å²) in [5, 5.41) is 0.453. The van der Waals surface area contributed by atoms with Crippen LogP contribution in [0.15, 0.2) is 51.7 Å². The lowest BCUT2D eigenvalue weighted by molar-refractivity contribution is -0.154. The van der Waals surface area contributed by atoms with E-state index >= 15 is 0 Å². The number of aryl methyl sites for hydroxylation is 2. The van der Waals surface area contributed by atoms with Gasteiger partial charge in [-0.05, 0) is 43.5 Å². The molecule has 2 aromatic carbocycles. The number of amides is 1. The summed E-state index contributed by atoms with van der Waals surface area (Å²) in [6.45, 7) is 2.25. The van der Waals surface area contributed by atoms with Gasteiger partial charge in [0.15, 0.2) is 11.7 Å². The minimum absolute atomic E-state index is 0.0641. The zero-order chi connectivity index (χ0) is 21.3. The SMILES string of the molecule is CC(OC(=O)CCn1c(=O)oc2cc(Cl)ccc21)C(=O)N1CCCc2ccccc21. The summed E-state index contributed by atoms with van der Waals surface area (Å²) in [4.78, 5) is 38.9. The van der Waals surface area contributed by atoms with Crippen LogP contribution < -0.4 is 10.7 Å². The second-order valence-corrected chi connectivity index (χ2v) is 7.67. The topological polar surface area (TPSA) is 81.7 Å². The summed E-state index contributed by atoms with van der Waals surface area (Å²) in [6.07, 6.45) is 0.808. The number of para-hydroxylation sites is 1. The van der Waals surface area contributed by atoms with Gasteiger partial charge in [0.1, 0.15) is 0 Å². The highest BCUT2D eigenvalue weighted by atomic mass is 35.5. The van der Waals surface area contributed by atoms with Gasteiger partial charge in [-0.15, -0.1) is 0 Å². The molecule has 0 bridgehead atoms. The predicted molar refractivity (Wildman–Crippen MR) is 113 cm³/mol. The largest absolute Gasteiger partial charge is 0.452 e. The van der Waals surface area contributed by atoms with Crippen molar-refractivity contribution in [2.24, 2.45) is 0 Å². The zero-order valence-corrected chi connectivity index (χ0v) is 17.2. The van der Waals surface area contributed by atoms with Crippen molar-refractivity contribution in [1.82, 2.24) is 4.57 Å². The van der Waals surface area contributed by atoms with Crippen LogP contribution in [0.1, 0.15) is 25.3 Å². The lowest BCUT2D eigenvalue weighted by Gasteiger charge is -2.31. The smallest absolute Gasteiger partial charge is 0.419 e. The minimum atomic E-state index is -0.916. The maximum Gasteiger partial charge on any atom is 0.419 e. The molecule has 0 radical (unpaired) electrons. The van der Waals surface area contributed by atoms with E-state index < -0.39 is 17.8 Å². The first kappa shape index (κ1) is 20.2. The quantitative estimate of drug-likeness (QED) is 0.580. The number of carbonyl (C=O) groups excluding carboxylic acids is 2. The Morgan fingerprint density at radius 1 is 1.23 bits per heavy atom. The molecule has 0 spiro atoms. The summed E-state index contributed by atoms with van der Waals surface area (Å²) in [7, 11) is 0. The normalized spacial score (nSPS) is 14.4. The molecule has 1 aliphatic heterocycles. The molecule has 1 amide bonds. The number of rotatable bonds is 5. The van der Waals surface area contributed by atoms with Crippen LogP contribution in [0.5, 0.6) is 0 Å². The van der Waals surface area contributed by atoms with Crippen molar-refractivity contribution < 1.29 is 18.7 Å². The third-order valence-electron chi connectivity index (χ3n) is 5.20. The Labute approximate surface area is 177 Å². The Balaban J connectivity index is 1.40. The first-order valence-electron chi connectivity index (χ1n) is 9.81. The number of oxazole rings is 1. The molecule has 0 saturated heterocycles. The molecule has 2 heterocycles. The van der Waals surface area contributed by atoms with Crippen LogP contribution in [0.25, 0.3) is 11.1 Å². The van der Waals surface area contributed by atoms with Crippen LogP contribution >= 0.6 is 11.6 Å². The molecule has 0 fully saturated rings. The molecule has 0 saturated carbocycles. The van der Waals surface area contributed by atoms with E-state index in [-0.39, 0.29) is 18.9 Å². The number of nitrogens with zero attached hydrogens (tertiary/aromatic N) is 2. The molecule has 30 heavy (non-hydrogen) atoms. The summed E-state index contributed by atoms with van der Waals surface area (Å²) in [5.74, 6) is -1.39. The fourth-order valence-corrected chi connectivity index (χ4v) is 3.91. The van der Waals surface area contributed by atoms with Gasteiger partial charge in [-0.3, -0.25) is 14.2 Å². The predicted octanol–water partition coefficient (Wildman–Crippen LogP) is 3.55. The van der Waals surface area contributed by atoms with Gasteiger partial charge in [0.25, 0.3) is 5.91 Å². The average molecular weight is 429 g/mol. The molecular weight excluding hydrogens is 408 g/mol. The number of ether oxygens (including phenoxy) is 1. The highest BCUT2D eigenvalue weighted by molar-refractivity contribution is 6.31. The van der Waals surface area contributed by atoms with Crippen molar-refractivity contribution in [2.75, 3.05) is 11.4 Å². The van der Waals surface area contributed by atoms with E-state index in [1.54, 1.807) is 30.0 Å². The maximum atomic E-state index is 12.9. The molecule has 7 nitrogen and oxygen atoms in total. The maximum absolute atomic E-state index is 12.9. The van der Waals surface area contributed by atoms with Gasteiger partial charge in [-0.1, -0.05) is 29.8 Å². The molecule has 4 rings (SSSR count). The highest BCUT2D eigenvalue weighted by Crippen LogP contribution is 2.27. The fraction of sp³-hybridized carbons (Fsp3) is 0.318. The molecule has 1 atom stereocenters. The van der Waals surface area contributed by atoms with Crippen molar-refractivity contribution in [3.63, 3.8) is 0 Å². The van der Waals surface area contributed by atoms with E-state index in [2.05, 4.69) is 0 Å². The van der Waals surface area contributed by atoms with Crippen molar-refractivity contribution in [1.29, 1.82) is 0 Å². The Bertz CT molecular complexity index is 1170. The highest BCUT2D eigenvalue weighted by Gasteiger charge is 2.28. The van der Waals surface area contributed by atoms with Crippen LogP contribution in [0.2, 0.25) is 5.02 Å². The molecule has 1 unspecified atom stereocenters. The van der Waals surface area contributed by atoms with Gasteiger partial charge in [0.2, 0.25) is 0 Å². The third-order valence-corrected chi connectivity index (χ3v) is 5.44. The number of benzene rings is 2. The van der Waals surface area contributed by atoms with Gasteiger partial charge < -0.3 is 14.1 Å². The summed E-state index contributed by atoms with van der Waals surface area (Å²) < 4.78 is 11.9. The first-order chi connectivity index (χ1) is 14.4.